The van der Waals surface area contributed by atoms with E-state index in [0.717, 1.165) is 5.69 Å². The second-order valence-electron chi connectivity index (χ2n) is 3.92. The number of hydrogen-bond donors (Lipinski definition) is 0. The van der Waals surface area contributed by atoms with Gasteiger partial charge in [0.1, 0.15) is 0 Å². The first kappa shape index (κ1) is 9.83. The van der Waals surface area contributed by atoms with Crippen LogP contribution in [0.5, 0.6) is 0 Å². The maximum absolute atomic E-state index is 11.8. The average molecular weight is 203 g/mol. The zero-order chi connectivity index (χ0) is 11.0. The summed E-state index contributed by atoms with van der Waals surface area (Å²) >= 11 is 0. The van der Waals surface area contributed by atoms with E-state index in [1.54, 1.807) is 25.5 Å². The molecule has 4 nitrogen and oxygen atoms in total. The van der Waals surface area contributed by atoms with Crippen molar-refractivity contribution in [3.63, 3.8) is 0 Å². The summed E-state index contributed by atoms with van der Waals surface area (Å²) < 4.78 is 1.52. The molecule has 0 aliphatic carbocycles. The predicted molar refractivity (Wildman–Crippen MR) is 58.9 cm³/mol. The van der Waals surface area contributed by atoms with Gasteiger partial charge in [0.05, 0.1) is 11.2 Å². The first-order valence-electron chi connectivity index (χ1n) is 4.92. The number of nitrogens with zero attached hydrogens (tertiary/aromatic N) is 3. The molecule has 0 aromatic carbocycles. The largest absolute Gasteiger partial charge is 0.317 e. The molecule has 0 N–H and O–H groups in total. The second-order valence-corrected chi connectivity index (χ2v) is 3.92. The highest BCUT2D eigenvalue weighted by Gasteiger charge is 2.06. The molecule has 0 unspecified atom stereocenters. The maximum atomic E-state index is 11.8. The highest BCUT2D eigenvalue weighted by atomic mass is 16.1. The number of pyridine rings is 1. The second kappa shape index (κ2) is 3.46. The third-order valence-electron chi connectivity index (χ3n) is 2.39. The van der Waals surface area contributed by atoms with Crippen LogP contribution in [0.2, 0.25) is 0 Å². The van der Waals surface area contributed by atoms with Gasteiger partial charge in [-0.25, -0.2) is 4.98 Å². The Bertz CT molecular complexity index is 557. The van der Waals surface area contributed by atoms with Crippen molar-refractivity contribution >= 4 is 11.0 Å². The van der Waals surface area contributed by atoms with Crippen LogP contribution in [0.4, 0.5) is 0 Å². The Hall–Kier alpha value is -1.71. The van der Waals surface area contributed by atoms with Crippen molar-refractivity contribution in [2.24, 2.45) is 7.05 Å². The normalized spacial score (nSPS) is 11.2. The van der Waals surface area contributed by atoms with Crippen LogP contribution in [0.25, 0.3) is 11.0 Å². The predicted octanol–water partition coefficient (Wildman–Crippen LogP) is 1.45. The molecule has 15 heavy (non-hydrogen) atoms. The topological polar surface area (TPSA) is 47.8 Å². The van der Waals surface area contributed by atoms with E-state index in [1.165, 1.54) is 4.57 Å². The summed E-state index contributed by atoms with van der Waals surface area (Å²) in [7, 11) is 1.71. The minimum absolute atomic E-state index is 0.0949. The molecule has 78 valence electrons. The van der Waals surface area contributed by atoms with Crippen molar-refractivity contribution in [2.75, 3.05) is 0 Å². The lowest BCUT2D eigenvalue weighted by Gasteiger charge is -2.05. The SMILES string of the molecule is CC(C)c1cnc2ccn(C)c(=O)c2n1. The van der Waals surface area contributed by atoms with E-state index in [0.29, 0.717) is 11.0 Å². The van der Waals surface area contributed by atoms with Gasteiger partial charge in [-0.1, -0.05) is 13.8 Å². The van der Waals surface area contributed by atoms with Crippen LogP contribution >= 0.6 is 0 Å². The Labute approximate surface area is 87.6 Å². The van der Waals surface area contributed by atoms with E-state index < -0.39 is 0 Å². The molecule has 2 aromatic rings. The fourth-order valence-electron chi connectivity index (χ4n) is 1.39. The van der Waals surface area contributed by atoms with E-state index in [9.17, 15) is 4.79 Å². The smallest absolute Gasteiger partial charge is 0.278 e. The van der Waals surface area contributed by atoms with E-state index in [4.69, 9.17) is 0 Å². The molecule has 2 rings (SSSR count). The van der Waals surface area contributed by atoms with Crippen LogP contribution in [-0.2, 0) is 7.05 Å². The van der Waals surface area contributed by atoms with Crippen molar-refractivity contribution in [1.29, 1.82) is 0 Å². The molecule has 0 aliphatic heterocycles. The molecule has 2 heterocycles. The lowest BCUT2D eigenvalue weighted by atomic mass is 10.1. The van der Waals surface area contributed by atoms with Crippen molar-refractivity contribution < 1.29 is 0 Å². The molecule has 0 amide bonds. The molecule has 4 heteroatoms. The third-order valence-corrected chi connectivity index (χ3v) is 2.39. The molecule has 2 aromatic heterocycles. The molecule has 0 aliphatic rings. The summed E-state index contributed by atoms with van der Waals surface area (Å²) in [5.74, 6) is 0.284. The summed E-state index contributed by atoms with van der Waals surface area (Å²) in [5.41, 5.74) is 1.86. The van der Waals surface area contributed by atoms with E-state index >= 15 is 0 Å². The van der Waals surface area contributed by atoms with Gasteiger partial charge in [-0.3, -0.25) is 9.78 Å². The number of aryl methyl sites for hydroxylation is 1. The minimum Gasteiger partial charge on any atom is -0.317 e. The van der Waals surface area contributed by atoms with Gasteiger partial charge in [0.2, 0.25) is 0 Å². The van der Waals surface area contributed by atoms with Crippen molar-refractivity contribution in [2.45, 2.75) is 19.8 Å². The van der Waals surface area contributed by atoms with E-state index in [1.807, 2.05) is 13.8 Å². The van der Waals surface area contributed by atoms with Crippen LogP contribution in [0.15, 0.2) is 23.3 Å². The number of fused-ring (bicyclic) bond motifs is 1. The molecule has 0 fully saturated rings. The monoisotopic (exact) mass is 203 g/mol. The first-order chi connectivity index (χ1) is 7.09. The van der Waals surface area contributed by atoms with Gasteiger partial charge in [-0.05, 0) is 12.0 Å². The van der Waals surface area contributed by atoms with Gasteiger partial charge in [-0.15, -0.1) is 0 Å². The summed E-state index contributed by atoms with van der Waals surface area (Å²) in [6.07, 6.45) is 3.43. The Kier molecular flexibility index (Phi) is 2.26. The molecular weight excluding hydrogens is 190 g/mol. The van der Waals surface area contributed by atoms with Crippen molar-refractivity contribution in [3.8, 4) is 0 Å². The van der Waals surface area contributed by atoms with Crippen LogP contribution in [0.1, 0.15) is 25.5 Å². The fourth-order valence-corrected chi connectivity index (χ4v) is 1.39. The zero-order valence-electron chi connectivity index (χ0n) is 9.06. The summed E-state index contributed by atoms with van der Waals surface area (Å²) in [4.78, 5) is 20.3. The van der Waals surface area contributed by atoms with Crippen molar-refractivity contribution in [1.82, 2.24) is 14.5 Å². The molecular formula is C11H13N3O. The van der Waals surface area contributed by atoms with Gasteiger partial charge >= 0.3 is 0 Å². The molecule has 0 saturated carbocycles. The van der Waals surface area contributed by atoms with E-state index in [2.05, 4.69) is 9.97 Å². The van der Waals surface area contributed by atoms with Gasteiger partial charge in [-0.2, -0.15) is 0 Å². The average Bonchev–Trinajstić information content (AvgIpc) is 2.23. The number of rotatable bonds is 1. The Morgan fingerprint density at radius 2 is 2.13 bits per heavy atom. The highest BCUT2D eigenvalue weighted by Crippen LogP contribution is 2.12. The summed E-state index contributed by atoms with van der Waals surface area (Å²) in [6, 6.07) is 1.80. The maximum Gasteiger partial charge on any atom is 0.278 e. The fraction of sp³-hybridized carbons (Fsp3) is 0.364. The van der Waals surface area contributed by atoms with Gasteiger partial charge in [0, 0.05) is 19.4 Å². The molecule has 0 radical (unpaired) electrons. The third kappa shape index (κ3) is 1.63. The molecule has 0 spiro atoms. The van der Waals surface area contributed by atoms with Gasteiger partial charge in [0.15, 0.2) is 5.52 Å². The Balaban J connectivity index is 2.80. The van der Waals surface area contributed by atoms with Gasteiger partial charge in [0.25, 0.3) is 5.56 Å². The lowest BCUT2D eigenvalue weighted by Crippen LogP contribution is -2.17. The lowest BCUT2D eigenvalue weighted by molar-refractivity contribution is 0.813. The van der Waals surface area contributed by atoms with Crippen LogP contribution < -0.4 is 5.56 Å². The molecule has 0 saturated heterocycles. The number of hydrogen-bond acceptors (Lipinski definition) is 3. The highest BCUT2D eigenvalue weighted by molar-refractivity contribution is 5.72. The molecule has 0 bridgehead atoms. The Morgan fingerprint density at radius 1 is 1.40 bits per heavy atom. The quantitative estimate of drug-likeness (QED) is 0.704. The summed E-state index contributed by atoms with van der Waals surface area (Å²) in [6.45, 7) is 4.06. The van der Waals surface area contributed by atoms with Gasteiger partial charge < -0.3 is 4.57 Å². The summed E-state index contributed by atoms with van der Waals surface area (Å²) in [5, 5.41) is 0. The molecule has 0 atom stereocenters. The first-order valence-corrected chi connectivity index (χ1v) is 4.92. The van der Waals surface area contributed by atoms with E-state index in [-0.39, 0.29) is 11.5 Å². The van der Waals surface area contributed by atoms with Crippen molar-refractivity contribution in [3.05, 3.63) is 34.5 Å². The Morgan fingerprint density at radius 3 is 2.80 bits per heavy atom. The van der Waals surface area contributed by atoms with Crippen LogP contribution in [0, 0.1) is 0 Å². The van der Waals surface area contributed by atoms with Crippen LogP contribution in [0.3, 0.4) is 0 Å². The number of aromatic nitrogens is 3. The minimum atomic E-state index is -0.0949. The zero-order valence-corrected chi connectivity index (χ0v) is 9.06. The standard InChI is InChI=1S/C11H13N3O/c1-7(2)9-6-12-8-4-5-14(3)11(15)10(8)13-9/h4-7H,1-3H3. The van der Waals surface area contributed by atoms with Crippen LogP contribution in [-0.4, -0.2) is 14.5 Å².